The molecule has 11 heteroatoms. The molecular weight excluding hydrogens is 557 g/mol. The topological polar surface area (TPSA) is 80.7 Å². The molecule has 38 heavy (non-hydrogen) atoms. The van der Waals surface area contributed by atoms with Gasteiger partial charge in [-0.25, -0.2) is 18.0 Å². The Hall–Kier alpha value is -0.910. The zero-order valence-corrected chi connectivity index (χ0v) is 24.0. The second-order valence-electron chi connectivity index (χ2n) is 11.6. The molecule has 0 radical (unpaired) electrons. The molecule has 5 aliphatic rings. The molecule has 5 nitrogen and oxygen atoms in total. The second kappa shape index (κ2) is 9.87. The van der Waals surface area contributed by atoms with Gasteiger partial charge >= 0.3 is 5.97 Å². The van der Waals surface area contributed by atoms with Gasteiger partial charge in [-0.3, -0.25) is 9.59 Å². The Balaban J connectivity index is 1.59. The van der Waals surface area contributed by atoms with Crippen LogP contribution in [0.2, 0.25) is 0 Å². The van der Waals surface area contributed by atoms with Crippen LogP contribution in [0.25, 0.3) is 0 Å². The molecular formula is C27H33F3O5S3. The number of ether oxygens (including phenoxy) is 1. The van der Waals surface area contributed by atoms with Crippen LogP contribution < -0.4 is 0 Å². The minimum atomic E-state index is -2.31. The Labute approximate surface area is 233 Å². The van der Waals surface area contributed by atoms with E-state index in [9.17, 15) is 23.9 Å². The standard InChI is InChI=1S/C27H33F3O5S3/c1-14-9-16-17-11-19(29)18-10-15(31)5-6-24(18,2)26(17,30)20(32)12-25(16,3)27(14,23(34)38-13-28)35-21(33)22-36-7-4-8-37-22/h5-6,10,14,16-17,19-20,22,32H,4,7-9,11-13H2,1-3H3/t14-,16+,17+,19+,20+,24+,25+,26+,27+/m1/s1. The average molecular weight is 591 g/mol. The highest BCUT2D eigenvalue weighted by Gasteiger charge is 2.78. The van der Waals surface area contributed by atoms with Gasteiger partial charge in [0.25, 0.3) is 0 Å². The molecule has 210 valence electrons. The first-order chi connectivity index (χ1) is 17.9. The Morgan fingerprint density at radius 2 is 1.89 bits per heavy atom. The summed E-state index contributed by atoms with van der Waals surface area (Å²) in [5, 5.41) is 10.9. The fourth-order valence-corrected chi connectivity index (χ4v) is 11.6. The predicted octanol–water partition coefficient (Wildman–Crippen LogP) is 5.22. The van der Waals surface area contributed by atoms with E-state index in [1.807, 2.05) is 0 Å². The summed E-state index contributed by atoms with van der Waals surface area (Å²) >= 11 is 3.29. The van der Waals surface area contributed by atoms with Crippen molar-refractivity contribution in [2.45, 2.75) is 74.6 Å². The number of carbonyl (C=O) groups excluding carboxylic acids is 3. The first-order valence-corrected chi connectivity index (χ1v) is 16.1. The maximum Gasteiger partial charge on any atom is 0.330 e. The highest BCUT2D eigenvalue weighted by molar-refractivity contribution is 8.18. The maximum absolute atomic E-state index is 17.4. The van der Waals surface area contributed by atoms with Gasteiger partial charge in [0, 0.05) is 22.7 Å². The van der Waals surface area contributed by atoms with Crippen LogP contribution in [0.5, 0.6) is 0 Å². The molecule has 0 aromatic rings. The van der Waals surface area contributed by atoms with Crippen molar-refractivity contribution in [3.05, 3.63) is 23.8 Å². The molecule has 0 aromatic carbocycles. The number of rotatable bonds is 4. The predicted molar refractivity (Wildman–Crippen MR) is 144 cm³/mol. The van der Waals surface area contributed by atoms with Crippen molar-refractivity contribution in [2.24, 2.45) is 28.6 Å². The van der Waals surface area contributed by atoms with Crippen molar-refractivity contribution in [3.8, 4) is 0 Å². The summed E-state index contributed by atoms with van der Waals surface area (Å²) in [6.45, 7) is 4.96. The van der Waals surface area contributed by atoms with E-state index in [4.69, 9.17) is 4.74 Å². The number of ketones is 1. The van der Waals surface area contributed by atoms with Gasteiger partial charge in [-0.15, -0.1) is 23.5 Å². The Morgan fingerprint density at radius 3 is 2.55 bits per heavy atom. The third-order valence-electron chi connectivity index (χ3n) is 9.94. The van der Waals surface area contributed by atoms with Crippen LogP contribution in [-0.4, -0.2) is 67.6 Å². The monoisotopic (exact) mass is 590 g/mol. The van der Waals surface area contributed by atoms with Crippen molar-refractivity contribution >= 4 is 52.2 Å². The Bertz CT molecular complexity index is 1100. The molecule has 0 bridgehead atoms. The number of alkyl halides is 3. The van der Waals surface area contributed by atoms with Gasteiger partial charge in [0.1, 0.15) is 16.8 Å². The normalized spacial score (nSPS) is 46.6. The molecule has 1 saturated heterocycles. The van der Waals surface area contributed by atoms with Crippen LogP contribution in [0.3, 0.4) is 0 Å². The minimum absolute atomic E-state index is 0.0190. The number of thioether (sulfide) groups is 3. The Kier molecular flexibility index (Phi) is 7.43. The van der Waals surface area contributed by atoms with Crippen molar-refractivity contribution in [3.63, 3.8) is 0 Å². The lowest BCUT2D eigenvalue weighted by Crippen LogP contribution is -2.70. The van der Waals surface area contributed by atoms with E-state index < -0.39 is 79.6 Å². The van der Waals surface area contributed by atoms with Gasteiger partial charge in [-0.1, -0.05) is 19.9 Å². The molecule has 9 atom stereocenters. The SMILES string of the molecule is C[C@@H]1C[C@H]2[C@@H]3C[C@H](F)C4=CC(=O)C=C[C@]4(C)[C@@]3(F)[C@@H](O)C[C@]2(C)[C@@]1(OC(=O)C1SCCCS1)C(=O)SCF. The van der Waals surface area contributed by atoms with E-state index >= 15 is 8.78 Å². The highest BCUT2D eigenvalue weighted by Crippen LogP contribution is 2.72. The van der Waals surface area contributed by atoms with Crippen LogP contribution in [0.1, 0.15) is 46.5 Å². The molecule has 4 fully saturated rings. The van der Waals surface area contributed by atoms with Crippen molar-refractivity contribution in [1.82, 2.24) is 0 Å². The second-order valence-corrected chi connectivity index (χ2v) is 15.2. The van der Waals surface area contributed by atoms with Crippen molar-refractivity contribution in [2.75, 3.05) is 17.5 Å². The molecule has 1 N–H and O–H groups in total. The molecule has 1 heterocycles. The summed E-state index contributed by atoms with van der Waals surface area (Å²) in [6, 6.07) is -1.02. The fourth-order valence-electron chi connectivity index (χ4n) is 8.21. The largest absolute Gasteiger partial charge is 0.448 e. The third-order valence-corrected chi connectivity index (χ3v) is 13.5. The quantitative estimate of drug-likeness (QED) is 0.447. The highest BCUT2D eigenvalue weighted by atomic mass is 32.2. The number of aliphatic hydroxyl groups excluding tert-OH is 1. The minimum Gasteiger partial charge on any atom is -0.448 e. The lowest BCUT2D eigenvalue weighted by atomic mass is 9.44. The van der Waals surface area contributed by atoms with Crippen LogP contribution in [0.4, 0.5) is 13.2 Å². The Morgan fingerprint density at radius 1 is 1.21 bits per heavy atom. The van der Waals surface area contributed by atoms with Gasteiger partial charge in [0.05, 0.1) is 6.10 Å². The summed E-state index contributed by atoms with van der Waals surface area (Å²) in [5.74, 6) is -1.71. The molecule has 0 spiro atoms. The smallest absolute Gasteiger partial charge is 0.330 e. The summed E-state index contributed by atoms with van der Waals surface area (Å²) in [6.07, 6.45) is 1.15. The molecule has 0 unspecified atom stereocenters. The lowest BCUT2D eigenvalue weighted by molar-refractivity contribution is -0.228. The summed E-state index contributed by atoms with van der Waals surface area (Å²) in [4.78, 5) is 39.2. The van der Waals surface area contributed by atoms with E-state index in [-0.39, 0.29) is 24.8 Å². The van der Waals surface area contributed by atoms with E-state index in [1.54, 1.807) is 13.8 Å². The summed E-state index contributed by atoms with van der Waals surface area (Å²) in [7, 11) is 0. The molecule has 5 rings (SSSR count). The zero-order valence-electron chi connectivity index (χ0n) is 21.6. The average Bonchev–Trinajstić information content (AvgIpc) is 3.10. The number of hydrogen-bond acceptors (Lipinski definition) is 8. The van der Waals surface area contributed by atoms with Gasteiger partial charge in [-0.05, 0) is 79.5 Å². The van der Waals surface area contributed by atoms with E-state index in [0.717, 1.165) is 24.0 Å². The number of halogens is 3. The summed E-state index contributed by atoms with van der Waals surface area (Å²) in [5.41, 5.74) is -6.90. The number of hydrogen-bond donors (Lipinski definition) is 1. The lowest BCUT2D eigenvalue weighted by Gasteiger charge is -2.63. The van der Waals surface area contributed by atoms with Gasteiger partial charge in [0.15, 0.2) is 17.1 Å². The number of aliphatic hydroxyl groups is 1. The molecule has 0 aromatic heterocycles. The molecule has 1 aliphatic heterocycles. The number of carbonyl (C=O) groups is 3. The maximum atomic E-state index is 17.4. The number of allylic oxidation sites excluding steroid dienone is 4. The fraction of sp³-hybridized carbons (Fsp3) is 0.741. The number of fused-ring (bicyclic) bond motifs is 5. The zero-order chi connectivity index (χ0) is 27.7. The molecule has 3 saturated carbocycles. The number of esters is 1. The van der Waals surface area contributed by atoms with Crippen LogP contribution in [-0.2, 0) is 19.1 Å². The van der Waals surface area contributed by atoms with Crippen LogP contribution in [0.15, 0.2) is 23.8 Å². The van der Waals surface area contributed by atoms with E-state index in [0.29, 0.717) is 11.8 Å². The third kappa shape index (κ3) is 3.76. The van der Waals surface area contributed by atoms with Crippen LogP contribution in [0, 0.1) is 28.6 Å². The van der Waals surface area contributed by atoms with Gasteiger partial charge < -0.3 is 9.84 Å². The van der Waals surface area contributed by atoms with E-state index in [2.05, 4.69) is 0 Å². The first-order valence-electron chi connectivity index (χ1n) is 13.0. The molecule has 0 amide bonds. The van der Waals surface area contributed by atoms with Crippen molar-refractivity contribution in [1.29, 1.82) is 0 Å². The van der Waals surface area contributed by atoms with Gasteiger partial charge in [-0.2, -0.15) is 0 Å². The first kappa shape index (κ1) is 28.6. The summed E-state index contributed by atoms with van der Waals surface area (Å²) < 4.78 is 52.3. The van der Waals surface area contributed by atoms with E-state index in [1.165, 1.54) is 42.6 Å². The van der Waals surface area contributed by atoms with Gasteiger partial charge in [0.2, 0.25) is 5.12 Å². The van der Waals surface area contributed by atoms with Crippen molar-refractivity contribution < 1.29 is 37.4 Å². The molecule has 4 aliphatic carbocycles. The van der Waals surface area contributed by atoms with Crippen LogP contribution >= 0.6 is 35.3 Å².